The zero-order valence-corrected chi connectivity index (χ0v) is 23.9. The minimum atomic E-state index is -1.74. The summed E-state index contributed by atoms with van der Waals surface area (Å²) in [5, 5.41) is 9.08. The molecule has 0 bridgehead atoms. The molecule has 2 unspecified atom stereocenters. The second-order valence-corrected chi connectivity index (χ2v) is 16.2. The molecular formula is C24H32Br2O6Si. The lowest BCUT2D eigenvalue weighted by atomic mass is 10.2. The van der Waals surface area contributed by atoms with E-state index in [-0.39, 0.29) is 23.9 Å². The van der Waals surface area contributed by atoms with E-state index in [4.69, 9.17) is 28.5 Å². The average Bonchev–Trinajstić information content (AvgIpc) is 2.76. The zero-order chi connectivity index (χ0) is 24.2. The van der Waals surface area contributed by atoms with Crippen molar-refractivity contribution in [2.24, 2.45) is 0 Å². The standard InChI is InChI=1S/C15H23BrO3Si.C9H9BrO3/c1-15(2,3)20(4,5)18-10-12-9-17-13-7-6-11(16)8-14(13)19-12;10-6-1-2-8-9(3-6)13-7(4-11)5-12-8/h6-8,12H,9-10H2,1-5H3;1-3,7,11H,4-5H2. The van der Waals surface area contributed by atoms with Gasteiger partial charge in [-0.05, 0) is 54.5 Å². The van der Waals surface area contributed by atoms with Gasteiger partial charge in [0.25, 0.3) is 0 Å². The maximum Gasteiger partial charge on any atom is 0.192 e. The Morgan fingerprint density at radius 3 is 1.85 bits per heavy atom. The van der Waals surface area contributed by atoms with Crippen LogP contribution >= 0.6 is 31.9 Å². The summed E-state index contributed by atoms with van der Waals surface area (Å²) in [4.78, 5) is 0. The molecule has 0 amide bonds. The maximum absolute atomic E-state index is 8.87. The molecule has 0 fully saturated rings. The first kappa shape index (κ1) is 26.3. The molecule has 2 aliphatic heterocycles. The molecule has 2 atom stereocenters. The summed E-state index contributed by atoms with van der Waals surface area (Å²) < 4.78 is 30.7. The number of hydrogen-bond acceptors (Lipinski definition) is 6. The molecular weight excluding hydrogens is 572 g/mol. The molecule has 2 aromatic rings. The zero-order valence-electron chi connectivity index (χ0n) is 19.7. The van der Waals surface area contributed by atoms with Crippen molar-refractivity contribution in [3.8, 4) is 23.0 Å². The molecule has 33 heavy (non-hydrogen) atoms. The molecule has 0 saturated heterocycles. The molecule has 0 aromatic heterocycles. The lowest BCUT2D eigenvalue weighted by molar-refractivity contribution is 0.0456. The van der Waals surface area contributed by atoms with Gasteiger partial charge in [-0.1, -0.05) is 52.6 Å². The molecule has 182 valence electrons. The highest BCUT2D eigenvalue weighted by Crippen LogP contribution is 2.38. The summed E-state index contributed by atoms with van der Waals surface area (Å²) in [6.07, 6.45) is -0.285. The molecule has 0 aliphatic carbocycles. The lowest BCUT2D eigenvalue weighted by Gasteiger charge is -2.37. The monoisotopic (exact) mass is 602 g/mol. The second kappa shape index (κ2) is 11.0. The summed E-state index contributed by atoms with van der Waals surface area (Å²) in [6.45, 7) is 12.7. The number of ether oxygens (including phenoxy) is 4. The highest BCUT2D eigenvalue weighted by atomic mass is 79.9. The largest absolute Gasteiger partial charge is 0.486 e. The first-order valence-corrected chi connectivity index (χ1v) is 15.4. The number of halogens is 2. The van der Waals surface area contributed by atoms with Crippen LogP contribution in [0, 0.1) is 0 Å². The summed E-state index contributed by atoms with van der Waals surface area (Å²) in [6, 6.07) is 11.4. The summed E-state index contributed by atoms with van der Waals surface area (Å²) in [5.41, 5.74) is 0. The third kappa shape index (κ3) is 7.11. The van der Waals surface area contributed by atoms with Gasteiger partial charge in [-0.25, -0.2) is 0 Å². The Kier molecular flexibility index (Phi) is 8.77. The van der Waals surface area contributed by atoms with Crippen molar-refractivity contribution < 1.29 is 28.5 Å². The van der Waals surface area contributed by atoms with E-state index in [1.807, 2.05) is 36.4 Å². The van der Waals surface area contributed by atoms with E-state index in [9.17, 15) is 0 Å². The predicted octanol–water partition coefficient (Wildman–Crippen LogP) is 6.19. The molecule has 9 heteroatoms. The third-order valence-corrected chi connectivity index (χ3v) is 11.4. The fourth-order valence-electron chi connectivity index (χ4n) is 2.87. The van der Waals surface area contributed by atoms with E-state index in [1.165, 1.54) is 0 Å². The smallest absolute Gasteiger partial charge is 0.192 e. The minimum Gasteiger partial charge on any atom is -0.486 e. The molecule has 4 rings (SSSR count). The molecule has 6 nitrogen and oxygen atoms in total. The van der Waals surface area contributed by atoms with Crippen LogP contribution in [-0.4, -0.2) is 52.1 Å². The van der Waals surface area contributed by atoms with Crippen LogP contribution in [0.4, 0.5) is 0 Å². The SMILES string of the molecule is CC(C)(C)[Si](C)(C)OCC1COc2ccc(Br)cc2O1.OCC1COc2ccc(Br)cc2O1. The lowest BCUT2D eigenvalue weighted by Crippen LogP contribution is -2.45. The summed E-state index contributed by atoms with van der Waals surface area (Å²) >= 11 is 6.78. The van der Waals surface area contributed by atoms with Crippen molar-refractivity contribution in [2.45, 2.75) is 51.1 Å². The van der Waals surface area contributed by atoms with Gasteiger partial charge < -0.3 is 28.5 Å². The number of aliphatic hydroxyl groups is 1. The molecule has 2 heterocycles. The summed E-state index contributed by atoms with van der Waals surface area (Å²) in [7, 11) is -1.74. The van der Waals surface area contributed by atoms with Crippen LogP contribution in [0.3, 0.4) is 0 Å². The molecule has 0 spiro atoms. The van der Waals surface area contributed by atoms with Gasteiger partial charge in [-0.2, -0.15) is 0 Å². The van der Waals surface area contributed by atoms with Gasteiger partial charge in [-0.3, -0.25) is 0 Å². The van der Waals surface area contributed by atoms with Crippen molar-refractivity contribution in [3.63, 3.8) is 0 Å². The number of benzene rings is 2. The van der Waals surface area contributed by atoms with E-state index in [1.54, 1.807) is 0 Å². The van der Waals surface area contributed by atoms with Gasteiger partial charge in [0, 0.05) is 8.95 Å². The van der Waals surface area contributed by atoms with Gasteiger partial charge in [0.15, 0.2) is 43.5 Å². The van der Waals surface area contributed by atoms with Gasteiger partial charge >= 0.3 is 0 Å². The molecule has 2 aliphatic rings. The number of aliphatic hydroxyl groups excluding tert-OH is 1. The first-order chi connectivity index (χ1) is 15.5. The van der Waals surface area contributed by atoms with Crippen LogP contribution in [0.1, 0.15) is 20.8 Å². The molecule has 0 saturated carbocycles. The topological polar surface area (TPSA) is 66.4 Å². The van der Waals surface area contributed by atoms with Crippen LogP contribution in [0.25, 0.3) is 0 Å². The van der Waals surface area contributed by atoms with Gasteiger partial charge in [0.2, 0.25) is 0 Å². The summed E-state index contributed by atoms with van der Waals surface area (Å²) in [5.74, 6) is 3.00. The number of fused-ring (bicyclic) bond motifs is 2. The molecule has 0 radical (unpaired) electrons. The molecule has 2 aromatic carbocycles. The Morgan fingerprint density at radius 1 is 0.879 bits per heavy atom. The number of rotatable bonds is 4. The fourth-order valence-corrected chi connectivity index (χ4v) is 4.58. The third-order valence-electron chi connectivity index (χ3n) is 5.89. The van der Waals surface area contributed by atoms with Crippen LogP contribution in [-0.2, 0) is 4.43 Å². The van der Waals surface area contributed by atoms with E-state index >= 15 is 0 Å². The van der Waals surface area contributed by atoms with Gasteiger partial charge in [-0.15, -0.1) is 0 Å². The highest BCUT2D eigenvalue weighted by molar-refractivity contribution is 9.10. The van der Waals surface area contributed by atoms with E-state index in [2.05, 4.69) is 65.7 Å². The Hall–Kier alpha value is -1.26. The van der Waals surface area contributed by atoms with Crippen molar-refractivity contribution in [1.29, 1.82) is 0 Å². The Bertz CT molecular complexity index is 947. The Morgan fingerprint density at radius 2 is 1.36 bits per heavy atom. The number of hydrogen-bond donors (Lipinski definition) is 1. The first-order valence-electron chi connectivity index (χ1n) is 10.9. The Labute approximate surface area is 213 Å². The van der Waals surface area contributed by atoms with Gasteiger partial charge in [0.05, 0.1) is 13.2 Å². The predicted molar refractivity (Wildman–Crippen MR) is 138 cm³/mol. The Balaban J connectivity index is 0.000000203. The van der Waals surface area contributed by atoms with Crippen molar-refractivity contribution >= 4 is 40.2 Å². The maximum atomic E-state index is 8.87. The van der Waals surface area contributed by atoms with E-state index in [0.29, 0.717) is 25.6 Å². The molecule has 1 N–H and O–H groups in total. The van der Waals surface area contributed by atoms with Crippen LogP contribution in [0.2, 0.25) is 18.1 Å². The van der Waals surface area contributed by atoms with E-state index < -0.39 is 8.32 Å². The van der Waals surface area contributed by atoms with Gasteiger partial charge in [0.1, 0.15) is 13.2 Å². The second-order valence-electron chi connectivity index (χ2n) is 9.54. The van der Waals surface area contributed by atoms with Crippen molar-refractivity contribution in [2.75, 3.05) is 26.4 Å². The minimum absolute atomic E-state index is 0.0219. The van der Waals surface area contributed by atoms with Crippen molar-refractivity contribution in [1.82, 2.24) is 0 Å². The van der Waals surface area contributed by atoms with Crippen LogP contribution in [0.15, 0.2) is 45.3 Å². The van der Waals surface area contributed by atoms with Crippen LogP contribution in [0.5, 0.6) is 23.0 Å². The van der Waals surface area contributed by atoms with Crippen molar-refractivity contribution in [3.05, 3.63) is 45.3 Å². The highest BCUT2D eigenvalue weighted by Gasteiger charge is 2.38. The fraction of sp³-hybridized carbons (Fsp3) is 0.500. The van der Waals surface area contributed by atoms with E-state index in [0.717, 1.165) is 26.2 Å². The average molecular weight is 604 g/mol. The quantitative estimate of drug-likeness (QED) is 0.420. The van der Waals surface area contributed by atoms with Crippen LogP contribution < -0.4 is 18.9 Å². The normalized spacial score (nSPS) is 19.4.